The molecule has 0 bridgehead atoms. The minimum Gasteiger partial charge on any atom is -0.481 e. The quantitative estimate of drug-likeness (QED) is 0.683. The van der Waals surface area contributed by atoms with Crippen molar-refractivity contribution in [2.24, 2.45) is 5.92 Å². The molecule has 2 amide bonds. The monoisotopic (exact) mass is 440 g/mol. The van der Waals surface area contributed by atoms with Gasteiger partial charge in [0.05, 0.1) is 6.04 Å². The highest BCUT2D eigenvalue weighted by Crippen LogP contribution is 2.38. The molecule has 0 radical (unpaired) electrons. The lowest BCUT2D eigenvalue weighted by Gasteiger charge is -2.39. The number of carbonyl (C=O) groups excluding carboxylic acids is 2. The Kier molecular flexibility index (Phi) is 7.54. The van der Waals surface area contributed by atoms with Gasteiger partial charge in [-0.3, -0.25) is 9.59 Å². The SMILES string of the molecule is CCC(Oc1ccc2c(c1)C(c1cccc(F)c1)N(C(=O)C(C)C)CC2)C(=O)NC(C)C. The minimum atomic E-state index is -0.611. The van der Waals surface area contributed by atoms with E-state index in [0.717, 1.165) is 16.7 Å². The number of benzene rings is 2. The zero-order valence-electron chi connectivity index (χ0n) is 19.5. The van der Waals surface area contributed by atoms with Crippen LogP contribution in [-0.4, -0.2) is 35.4 Å². The standard InChI is InChI=1S/C26H33FN2O3/c1-6-23(25(30)28-17(4)5)32-21-11-10-18-12-13-29(26(31)16(2)3)24(22(18)15-21)19-8-7-9-20(27)14-19/h7-11,14-17,23-24H,6,12-13H2,1-5H3,(H,28,30). The number of halogens is 1. The van der Waals surface area contributed by atoms with E-state index in [1.54, 1.807) is 6.07 Å². The first kappa shape index (κ1) is 23.8. The second kappa shape index (κ2) is 10.2. The molecular weight excluding hydrogens is 407 g/mol. The van der Waals surface area contributed by atoms with Crippen molar-refractivity contribution in [1.29, 1.82) is 0 Å². The van der Waals surface area contributed by atoms with Crippen LogP contribution in [0.25, 0.3) is 0 Å². The summed E-state index contributed by atoms with van der Waals surface area (Å²) in [6.07, 6.45) is 0.631. The number of hydrogen-bond acceptors (Lipinski definition) is 3. The first-order valence-corrected chi connectivity index (χ1v) is 11.4. The number of carbonyl (C=O) groups is 2. The number of rotatable bonds is 7. The lowest BCUT2D eigenvalue weighted by Crippen LogP contribution is -2.43. The van der Waals surface area contributed by atoms with Crippen molar-refractivity contribution >= 4 is 11.8 Å². The molecule has 1 aliphatic heterocycles. The van der Waals surface area contributed by atoms with Crippen LogP contribution in [0, 0.1) is 11.7 Å². The third-order valence-electron chi connectivity index (χ3n) is 5.66. The summed E-state index contributed by atoms with van der Waals surface area (Å²) in [5.74, 6) is -0.0705. The molecule has 2 aromatic carbocycles. The van der Waals surface area contributed by atoms with Gasteiger partial charge < -0.3 is 15.0 Å². The normalized spacial score (nSPS) is 16.6. The maximum Gasteiger partial charge on any atom is 0.261 e. The van der Waals surface area contributed by atoms with Gasteiger partial charge in [-0.1, -0.05) is 39.0 Å². The van der Waals surface area contributed by atoms with E-state index in [2.05, 4.69) is 5.32 Å². The molecule has 0 saturated heterocycles. The fourth-order valence-electron chi connectivity index (χ4n) is 4.14. The molecule has 0 aromatic heterocycles. The number of nitrogens with zero attached hydrogens (tertiary/aromatic N) is 1. The number of nitrogens with one attached hydrogen (secondary N) is 1. The molecule has 0 saturated carbocycles. The molecule has 1 aliphatic rings. The van der Waals surface area contributed by atoms with Crippen LogP contribution < -0.4 is 10.1 Å². The van der Waals surface area contributed by atoms with E-state index in [9.17, 15) is 14.0 Å². The second-order valence-corrected chi connectivity index (χ2v) is 8.93. The van der Waals surface area contributed by atoms with E-state index >= 15 is 0 Å². The fourth-order valence-corrected chi connectivity index (χ4v) is 4.14. The molecule has 2 atom stereocenters. The van der Waals surface area contributed by atoms with Gasteiger partial charge in [-0.05, 0) is 67.6 Å². The van der Waals surface area contributed by atoms with Crippen LogP contribution in [-0.2, 0) is 16.0 Å². The Morgan fingerprint density at radius 2 is 1.91 bits per heavy atom. The van der Waals surface area contributed by atoms with Crippen LogP contribution in [0.15, 0.2) is 42.5 Å². The third kappa shape index (κ3) is 5.29. The molecule has 0 fully saturated rings. The molecule has 32 heavy (non-hydrogen) atoms. The first-order valence-electron chi connectivity index (χ1n) is 11.4. The van der Waals surface area contributed by atoms with Gasteiger partial charge in [0.25, 0.3) is 5.91 Å². The predicted molar refractivity (Wildman–Crippen MR) is 123 cm³/mol. The van der Waals surface area contributed by atoms with Crippen LogP contribution >= 0.6 is 0 Å². The fraction of sp³-hybridized carbons (Fsp3) is 0.462. The number of hydrogen-bond donors (Lipinski definition) is 1. The zero-order valence-corrected chi connectivity index (χ0v) is 19.5. The van der Waals surface area contributed by atoms with Gasteiger partial charge in [0, 0.05) is 18.5 Å². The second-order valence-electron chi connectivity index (χ2n) is 8.93. The van der Waals surface area contributed by atoms with E-state index in [-0.39, 0.29) is 29.6 Å². The molecule has 1 heterocycles. The molecule has 0 aliphatic carbocycles. The molecule has 1 N–H and O–H groups in total. The topological polar surface area (TPSA) is 58.6 Å². The van der Waals surface area contributed by atoms with E-state index in [0.29, 0.717) is 25.1 Å². The Morgan fingerprint density at radius 3 is 2.53 bits per heavy atom. The summed E-state index contributed by atoms with van der Waals surface area (Å²) < 4.78 is 20.2. The zero-order chi connectivity index (χ0) is 23.4. The van der Waals surface area contributed by atoms with E-state index < -0.39 is 12.1 Å². The van der Waals surface area contributed by atoms with Crippen molar-refractivity contribution in [3.8, 4) is 5.75 Å². The van der Waals surface area contributed by atoms with Crippen molar-refractivity contribution in [2.75, 3.05) is 6.54 Å². The van der Waals surface area contributed by atoms with Crippen molar-refractivity contribution in [1.82, 2.24) is 10.2 Å². The highest BCUT2D eigenvalue weighted by Gasteiger charge is 2.34. The van der Waals surface area contributed by atoms with Crippen LogP contribution in [0.3, 0.4) is 0 Å². The average molecular weight is 441 g/mol. The minimum absolute atomic E-state index is 0.0247. The summed E-state index contributed by atoms with van der Waals surface area (Å²) in [7, 11) is 0. The summed E-state index contributed by atoms with van der Waals surface area (Å²) in [6, 6.07) is 11.8. The Bertz CT molecular complexity index is 973. The van der Waals surface area contributed by atoms with Crippen LogP contribution in [0.5, 0.6) is 5.75 Å². The van der Waals surface area contributed by atoms with Crippen molar-refractivity contribution in [3.63, 3.8) is 0 Å². The van der Waals surface area contributed by atoms with Gasteiger partial charge >= 0.3 is 0 Å². The molecular formula is C26H33FN2O3. The van der Waals surface area contributed by atoms with E-state index in [4.69, 9.17) is 4.74 Å². The largest absolute Gasteiger partial charge is 0.481 e. The molecule has 3 rings (SSSR count). The van der Waals surface area contributed by atoms with E-state index in [1.165, 1.54) is 12.1 Å². The number of ether oxygens (including phenoxy) is 1. The average Bonchev–Trinajstić information content (AvgIpc) is 2.75. The van der Waals surface area contributed by atoms with Crippen molar-refractivity contribution in [2.45, 2.75) is 65.6 Å². The molecule has 0 spiro atoms. The van der Waals surface area contributed by atoms with Crippen molar-refractivity contribution in [3.05, 3.63) is 65.0 Å². The lowest BCUT2D eigenvalue weighted by atomic mass is 9.87. The maximum atomic E-state index is 14.1. The van der Waals surface area contributed by atoms with E-state index in [1.807, 2.05) is 63.8 Å². The van der Waals surface area contributed by atoms with Gasteiger partial charge in [0.2, 0.25) is 5.91 Å². The molecule has 6 heteroatoms. The van der Waals surface area contributed by atoms with Gasteiger partial charge in [0.15, 0.2) is 6.10 Å². The van der Waals surface area contributed by atoms with Crippen LogP contribution in [0.4, 0.5) is 4.39 Å². The van der Waals surface area contributed by atoms with Gasteiger partial charge in [-0.25, -0.2) is 4.39 Å². The van der Waals surface area contributed by atoms with Crippen LogP contribution in [0.2, 0.25) is 0 Å². The smallest absolute Gasteiger partial charge is 0.261 e. The number of amides is 2. The predicted octanol–water partition coefficient (Wildman–Crippen LogP) is 4.64. The first-order chi connectivity index (χ1) is 15.2. The number of fused-ring (bicyclic) bond motifs is 1. The summed E-state index contributed by atoms with van der Waals surface area (Å²) in [5, 5.41) is 2.89. The summed E-state index contributed by atoms with van der Waals surface area (Å²) in [4.78, 5) is 27.3. The molecule has 2 unspecified atom stereocenters. The maximum absolute atomic E-state index is 14.1. The Balaban J connectivity index is 2.00. The lowest BCUT2D eigenvalue weighted by molar-refractivity contribution is -0.136. The molecule has 5 nitrogen and oxygen atoms in total. The summed E-state index contributed by atoms with van der Waals surface area (Å²) in [6.45, 7) is 10.0. The van der Waals surface area contributed by atoms with Crippen LogP contribution in [0.1, 0.15) is 63.8 Å². The Morgan fingerprint density at radius 1 is 1.16 bits per heavy atom. The highest BCUT2D eigenvalue weighted by atomic mass is 19.1. The third-order valence-corrected chi connectivity index (χ3v) is 5.66. The molecule has 172 valence electrons. The van der Waals surface area contributed by atoms with Gasteiger partial charge in [-0.2, -0.15) is 0 Å². The molecule has 2 aromatic rings. The Hall–Kier alpha value is -2.89. The summed E-state index contributed by atoms with van der Waals surface area (Å²) >= 11 is 0. The van der Waals surface area contributed by atoms with Crippen molar-refractivity contribution < 1.29 is 18.7 Å². The Labute approximate surface area is 190 Å². The highest BCUT2D eigenvalue weighted by molar-refractivity contribution is 5.81. The van der Waals surface area contributed by atoms with Gasteiger partial charge in [-0.15, -0.1) is 0 Å². The summed E-state index contributed by atoms with van der Waals surface area (Å²) in [5.41, 5.74) is 2.73. The van der Waals surface area contributed by atoms with Gasteiger partial charge in [0.1, 0.15) is 11.6 Å².